The molecule has 4 heteroatoms. The lowest BCUT2D eigenvalue weighted by Crippen LogP contribution is -2.07. The minimum atomic E-state index is -3.98. The van der Waals surface area contributed by atoms with Gasteiger partial charge in [0.1, 0.15) is 5.75 Å². The summed E-state index contributed by atoms with van der Waals surface area (Å²) in [4.78, 5) is 0. The number of hydrogen-bond acceptors (Lipinski definition) is 2. The molecule has 2 atom stereocenters. The summed E-state index contributed by atoms with van der Waals surface area (Å²) >= 11 is 0. The molecule has 0 radical (unpaired) electrons. The molecule has 0 bridgehead atoms. The van der Waals surface area contributed by atoms with Crippen LogP contribution in [0.2, 0.25) is 0 Å². The second kappa shape index (κ2) is 9.16. The number of hydrogen-bond donors (Lipinski definition) is 1. The number of rotatable bonds is 9. The third-order valence-electron chi connectivity index (χ3n) is 4.77. The van der Waals surface area contributed by atoms with Crippen LogP contribution in [0.15, 0.2) is 54.6 Å². The summed E-state index contributed by atoms with van der Waals surface area (Å²) in [6.45, 7) is 4.43. The van der Waals surface area contributed by atoms with Crippen LogP contribution in [0.25, 0.3) is 0 Å². The van der Waals surface area contributed by atoms with Gasteiger partial charge in [0.15, 0.2) is 0 Å². The Labute approximate surface area is 151 Å². The van der Waals surface area contributed by atoms with Gasteiger partial charge < -0.3 is 0 Å². The van der Waals surface area contributed by atoms with Gasteiger partial charge in [-0.1, -0.05) is 74.9 Å². The van der Waals surface area contributed by atoms with E-state index in [0.717, 1.165) is 25.7 Å². The predicted molar refractivity (Wildman–Crippen MR) is 103 cm³/mol. The van der Waals surface area contributed by atoms with E-state index < -0.39 is 10.1 Å². The molecule has 25 heavy (non-hydrogen) atoms. The van der Waals surface area contributed by atoms with E-state index in [2.05, 4.69) is 38.1 Å². The van der Waals surface area contributed by atoms with Gasteiger partial charge in [0.2, 0.25) is 0 Å². The molecule has 0 saturated carbocycles. The van der Waals surface area contributed by atoms with Crippen LogP contribution in [-0.4, -0.2) is 13.0 Å². The quantitative estimate of drug-likeness (QED) is 0.597. The second-order valence-electron chi connectivity index (χ2n) is 6.70. The Morgan fingerprint density at radius 1 is 0.880 bits per heavy atom. The van der Waals surface area contributed by atoms with E-state index >= 15 is 0 Å². The van der Waals surface area contributed by atoms with Crippen molar-refractivity contribution in [1.29, 1.82) is 0 Å². The highest BCUT2D eigenvalue weighted by molar-refractivity contribution is 7.85. The molecule has 0 heterocycles. The molecule has 0 spiro atoms. The first-order valence-corrected chi connectivity index (χ1v) is 10.6. The first kappa shape index (κ1) is 19.7. The first-order chi connectivity index (χ1) is 11.9. The van der Waals surface area contributed by atoms with Gasteiger partial charge in [0, 0.05) is 0 Å². The summed E-state index contributed by atoms with van der Waals surface area (Å²) < 4.78 is 31.0. The summed E-state index contributed by atoms with van der Waals surface area (Å²) in [5.74, 6) is 0.651. The van der Waals surface area contributed by atoms with E-state index in [1.54, 1.807) is 0 Å². The molecule has 2 unspecified atom stereocenters. The van der Waals surface area contributed by atoms with Crippen LogP contribution in [-0.2, 0) is 15.9 Å². The van der Waals surface area contributed by atoms with E-state index in [1.165, 1.54) is 11.1 Å². The van der Waals surface area contributed by atoms with Crippen molar-refractivity contribution < 1.29 is 13.0 Å². The van der Waals surface area contributed by atoms with Crippen LogP contribution < -0.4 is 0 Å². The topological polar surface area (TPSA) is 54.4 Å². The zero-order chi connectivity index (χ0) is 18.3. The maximum atomic E-state index is 11.0. The van der Waals surface area contributed by atoms with Crippen LogP contribution in [0.1, 0.15) is 68.1 Å². The molecule has 1 N–H and O–H groups in total. The summed E-state index contributed by atoms with van der Waals surface area (Å²) in [5, 5.41) is 0. The number of benzene rings is 2. The summed E-state index contributed by atoms with van der Waals surface area (Å²) in [6.07, 6.45) is 4.42. The maximum Gasteiger partial charge on any atom is 0.269 e. The van der Waals surface area contributed by atoms with E-state index in [-0.39, 0.29) is 5.75 Å². The Morgan fingerprint density at radius 3 is 2.00 bits per heavy atom. The van der Waals surface area contributed by atoms with Gasteiger partial charge in [-0.2, -0.15) is 8.42 Å². The molecule has 3 nitrogen and oxygen atoms in total. The molecule has 2 rings (SSSR count). The van der Waals surface area contributed by atoms with Crippen molar-refractivity contribution in [2.75, 3.05) is 0 Å². The molecule has 0 saturated heterocycles. The molecule has 0 aliphatic heterocycles. The lowest BCUT2D eigenvalue weighted by molar-refractivity contribution is 0.482. The van der Waals surface area contributed by atoms with Crippen LogP contribution in [0.4, 0.5) is 0 Å². The minimum absolute atomic E-state index is 0.326. The predicted octanol–water partition coefficient (Wildman–Crippen LogP) is 5.54. The zero-order valence-electron chi connectivity index (χ0n) is 15.1. The van der Waals surface area contributed by atoms with Crippen molar-refractivity contribution in [3.8, 4) is 0 Å². The van der Waals surface area contributed by atoms with Gasteiger partial charge in [-0.25, -0.2) is 0 Å². The van der Waals surface area contributed by atoms with Crippen molar-refractivity contribution in [3.05, 3.63) is 71.3 Å². The Hall–Kier alpha value is -1.65. The van der Waals surface area contributed by atoms with Crippen molar-refractivity contribution in [2.24, 2.45) is 0 Å². The summed E-state index contributed by atoms with van der Waals surface area (Å²) in [7, 11) is -3.98. The Balaban J connectivity index is 2.16. The third kappa shape index (κ3) is 6.29. The molecule has 0 amide bonds. The molecule has 136 valence electrons. The van der Waals surface area contributed by atoms with Gasteiger partial charge in [-0.15, -0.1) is 0 Å². The largest absolute Gasteiger partial charge is 0.285 e. The SMILES string of the molecule is CCCC(CC(CC)c1ccccc1)c1ccc(CS(=O)(=O)O)cc1. The van der Waals surface area contributed by atoms with Crippen LogP contribution in [0.5, 0.6) is 0 Å². The average Bonchev–Trinajstić information content (AvgIpc) is 2.59. The van der Waals surface area contributed by atoms with Crippen molar-refractivity contribution >= 4 is 10.1 Å². The molecule has 0 aliphatic carbocycles. The van der Waals surface area contributed by atoms with Crippen LogP contribution in [0, 0.1) is 0 Å². The van der Waals surface area contributed by atoms with Crippen LogP contribution >= 0.6 is 0 Å². The molecule has 2 aromatic rings. The Kier molecular flexibility index (Phi) is 7.21. The average molecular weight is 361 g/mol. The lowest BCUT2D eigenvalue weighted by Gasteiger charge is -2.23. The van der Waals surface area contributed by atoms with E-state index in [0.29, 0.717) is 17.4 Å². The summed E-state index contributed by atoms with van der Waals surface area (Å²) in [5.41, 5.74) is 3.25. The highest BCUT2D eigenvalue weighted by atomic mass is 32.2. The van der Waals surface area contributed by atoms with E-state index in [9.17, 15) is 8.42 Å². The monoisotopic (exact) mass is 360 g/mol. The minimum Gasteiger partial charge on any atom is -0.285 e. The van der Waals surface area contributed by atoms with Gasteiger partial charge in [-0.05, 0) is 47.8 Å². The molecule has 2 aromatic carbocycles. The fourth-order valence-corrected chi connectivity index (χ4v) is 4.09. The second-order valence-corrected chi connectivity index (χ2v) is 8.16. The summed E-state index contributed by atoms with van der Waals surface area (Å²) in [6, 6.07) is 18.3. The third-order valence-corrected chi connectivity index (χ3v) is 5.47. The standard InChI is InChI=1S/C21H28O3S/c1-3-8-21(15-18(4-2)19-9-6-5-7-10-19)20-13-11-17(12-14-20)16-25(22,23)24/h5-7,9-14,18,21H,3-4,8,15-16H2,1-2H3,(H,22,23,24). The molecular weight excluding hydrogens is 332 g/mol. The highest BCUT2D eigenvalue weighted by Crippen LogP contribution is 2.35. The van der Waals surface area contributed by atoms with Crippen molar-refractivity contribution in [3.63, 3.8) is 0 Å². The van der Waals surface area contributed by atoms with Gasteiger partial charge in [0.05, 0.1) is 0 Å². The first-order valence-electron chi connectivity index (χ1n) is 9.01. The molecule has 0 fully saturated rings. The Bertz CT molecular complexity index is 736. The fraction of sp³-hybridized carbons (Fsp3) is 0.429. The fourth-order valence-electron chi connectivity index (χ4n) is 3.47. The zero-order valence-corrected chi connectivity index (χ0v) is 15.9. The van der Waals surface area contributed by atoms with Crippen molar-refractivity contribution in [2.45, 2.75) is 57.1 Å². The Morgan fingerprint density at radius 2 is 1.48 bits per heavy atom. The smallest absolute Gasteiger partial charge is 0.269 e. The van der Waals surface area contributed by atoms with Gasteiger partial charge in [-0.3, -0.25) is 4.55 Å². The van der Waals surface area contributed by atoms with Crippen LogP contribution in [0.3, 0.4) is 0 Å². The maximum absolute atomic E-state index is 11.0. The van der Waals surface area contributed by atoms with Crippen molar-refractivity contribution in [1.82, 2.24) is 0 Å². The molecule has 0 aromatic heterocycles. The highest BCUT2D eigenvalue weighted by Gasteiger charge is 2.18. The molecule has 0 aliphatic rings. The van der Waals surface area contributed by atoms with E-state index in [4.69, 9.17) is 4.55 Å². The lowest BCUT2D eigenvalue weighted by atomic mass is 9.81. The van der Waals surface area contributed by atoms with Gasteiger partial charge in [0.25, 0.3) is 10.1 Å². The van der Waals surface area contributed by atoms with E-state index in [1.807, 2.05) is 30.3 Å². The van der Waals surface area contributed by atoms with Gasteiger partial charge >= 0.3 is 0 Å². The molecular formula is C21H28O3S. The normalized spacial score (nSPS) is 14.2.